The number of piperazine rings is 1. The molecule has 6 nitrogen and oxygen atoms in total. The molecule has 108 valence electrons. The summed E-state index contributed by atoms with van der Waals surface area (Å²) in [5.74, 6) is 0. The fourth-order valence-electron chi connectivity index (χ4n) is 2.15. The molecule has 0 unspecified atom stereocenters. The Bertz CT molecular complexity index is 511. The number of anilines is 1. The Balaban J connectivity index is 2.07. The molecular formula is C11H20N4O2S2. The molecule has 1 aromatic heterocycles. The third-order valence-electron chi connectivity index (χ3n) is 3.27. The van der Waals surface area contributed by atoms with Crippen LogP contribution in [0.5, 0.6) is 0 Å². The van der Waals surface area contributed by atoms with Crippen LogP contribution in [-0.4, -0.2) is 50.1 Å². The van der Waals surface area contributed by atoms with Gasteiger partial charge in [-0.25, -0.2) is 13.4 Å². The third kappa shape index (κ3) is 3.25. The van der Waals surface area contributed by atoms with Crippen LogP contribution in [0.4, 0.5) is 5.13 Å². The second-order valence-electron chi connectivity index (χ2n) is 4.57. The molecule has 0 amide bonds. The van der Waals surface area contributed by atoms with Crippen molar-refractivity contribution in [1.82, 2.24) is 9.29 Å². The first-order valence-electron chi connectivity index (χ1n) is 6.34. The molecule has 0 aliphatic carbocycles. The average molecular weight is 304 g/mol. The van der Waals surface area contributed by atoms with E-state index in [1.54, 1.807) is 11.3 Å². The van der Waals surface area contributed by atoms with E-state index < -0.39 is 10.0 Å². The topological polar surface area (TPSA) is 79.5 Å². The molecule has 0 saturated carbocycles. The van der Waals surface area contributed by atoms with Gasteiger partial charge in [-0.05, 0) is 6.42 Å². The van der Waals surface area contributed by atoms with Crippen molar-refractivity contribution in [1.29, 1.82) is 0 Å². The van der Waals surface area contributed by atoms with Crippen LogP contribution in [0, 0.1) is 0 Å². The van der Waals surface area contributed by atoms with Crippen LogP contribution in [-0.2, 0) is 23.0 Å². The van der Waals surface area contributed by atoms with Crippen LogP contribution in [0.15, 0.2) is 0 Å². The number of thiazole rings is 1. The minimum atomic E-state index is -3.07. The highest BCUT2D eigenvalue weighted by Gasteiger charge is 2.25. The van der Waals surface area contributed by atoms with Crippen molar-refractivity contribution in [2.75, 3.05) is 37.3 Å². The summed E-state index contributed by atoms with van der Waals surface area (Å²) < 4.78 is 24.4. The van der Waals surface area contributed by atoms with Crippen molar-refractivity contribution in [3.8, 4) is 0 Å². The summed E-state index contributed by atoms with van der Waals surface area (Å²) in [6, 6.07) is 0. The Morgan fingerprint density at radius 1 is 1.32 bits per heavy atom. The lowest BCUT2D eigenvalue weighted by Crippen LogP contribution is -2.48. The van der Waals surface area contributed by atoms with E-state index in [9.17, 15) is 8.42 Å². The Kier molecular flexibility index (Phi) is 4.44. The lowest BCUT2D eigenvalue weighted by molar-refractivity contribution is 0.388. The van der Waals surface area contributed by atoms with Gasteiger partial charge in [-0.15, -0.1) is 11.3 Å². The summed E-state index contributed by atoms with van der Waals surface area (Å²) >= 11 is 1.62. The van der Waals surface area contributed by atoms with Gasteiger partial charge in [0.25, 0.3) is 0 Å². The van der Waals surface area contributed by atoms with Gasteiger partial charge in [0.05, 0.1) is 11.9 Å². The highest BCUT2D eigenvalue weighted by Crippen LogP contribution is 2.27. The quantitative estimate of drug-likeness (QED) is 0.862. The van der Waals surface area contributed by atoms with Gasteiger partial charge in [-0.2, -0.15) is 4.31 Å². The average Bonchev–Trinajstić information content (AvgIpc) is 2.81. The molecular weight excluding hydrogens is 284 g/mol. The molecule has 0 atom stereocenters. The summed E-state index contributed by atoms with van der Waals surface area (Å²) in [5, 5.41) is 0.963. The van der Waals surface area contributed by atoms with E-state index >= 15 is 0 Å². The first-order chi connectivity index (χ1) is 8.95. The normalized spacial score (nSPS) is 17.9. The maximum atomic E-state index is 11.5. The lowest BCUT2D eigenvalue weighted by Gasteiger charge is -2.32. The van der Waals surface area contributed by atoms with Crippen LogP contribution in [0.3, 0.4) is 0 Å². The maximum Gasteiger partial charge on any atom is 0.211 e. The third-order valence-corrected chi connectivity index (χ3v) is 5.75. The first-order valence-corrected chi connectivity index (χ1v) is 9.01. The molecule has 1 aliphatic heterocycles. The smallest absolute Gasteiger partial charge is 0.211 e. The zero-order chi connectivity index (χ0) is 14.0. The van der Waals surface area contributed by atoms with Crippen LogP contribution in [0.1, 0.15) is 17.5 Å². The molecule has 2 heterocycles. The van der Waals surface area contributed by atoms with Gasteiger partial charge in [0, 0.05) is 37.6 Å². The van der Waals surface area contributed by atoms with Gasteiger partial charge < -0.3 is 10.6 Å². The van der Waals surface area contributed by atoms with Gasteiger partial charge in [0.15, 0.2) is 5.13 Å². The fraction of sp³-hybridized carbons (Fsp3) is 0.727. The molecule has 0 aromatic carbocycles. The molecule has 2 rings (SSSR count). The summed E-state index contributed by atoms with van der Waals surface area (Å²) in [6.07, 6.45) is 2.14. The number of aryl methyl sites for hydroxylation is 1. The number of aromatic nitrogens is 1. The van der Waals surface area contributed by atoms with E-state index in [4.69, 9.17) is 5.73 Å². The van der Waals surface area contributed by atoms with E-state index in [0.717, 1.165) is 22.1 Å². The number of rotatable bonds is 4. The molecule has 2 N–H and O–H groups in total. The largest absolute Gasteiger partial charge is 0.345 e. The van der Waals surface area contributed by atoms with Crippen molar-refractivity contribution < 1.29 is 8.42 Å². The summed E-state index contributed by atoms with van der Waals surface area (Å²) in [7, 11) is -3.07. The predicted molar refractivity (Wildman–Crippen MR) is 78.0 cm³/mol. The van der Waals surface area contributed by atoms with Crippen LogP contribution < -0.4 is 10.6 Å². The molecule has 0 spiro atoms. The van der Waals surface area contributed by atoms with Crippen molar-refractivity contribution in [2.24, 2.45) is 5.73 Å². The number of sulfonamides is 1. The molecule has 19 heavy (non-hydrogen) atoms. The fourth-order valence-corrected chi connectivity index (χ4v) is 4.06. The van der Waals surface area contributed by atoms with Crippen LogP contribution in [0.2, 0.25) is 0 Å². The Morgan fingerprint density at radius 3 is 2.37 bits per heavy atom. The monoisotopic (exact) mass is 304 g/mol. The van der Waals surface area contributed by atoms with Gasteiger partial charge in [-0.1, -0.05) is 6.92 Å². The Labute approximate surface area is 118 Å². The van der Waals surface area contributed by atoms with Gasteiger partial charge >= 0.3 is 0 Å². The molecule has 1 saturated heterocycles. The van der Waals surface area contributed by atoms with Crippen molar-refractivity contribution >= 4 is 26.5 Å². The number of hydrogen-bond donors (Lipinski definition) is 1. The number of nitrogens with zero attached hydrogens (tertiary/aromatic N) is 3. The van der Waals surface area contributed by atoms with E-state index in [-0.39, 0.29) is 0 Å². The Morgan fingerprint density at radius 2 is 1.95 bits per heavy atom. The summed E-state index contributed by atoms with van der Waals surface area (Å²) in [4.78, 5) is 7.88. The minimum absolute atomic E-state index is 0.518. The summed E-state index contributed by atoms with van der Waals surface area (Å²) in [6.45, 7) is 5.01. The van der Waals surface area contributed by atoms with Crippen molar-refractivity contribution in [2.45, 2.75) is 19.9 Å². The highest BCUT2D eigenvalue weighted by molar-refractivity contribution is 7.88. The molecule has 1 aromatic rings. The maximum absolute atomic E-state index is 11.5. The molecule has 8 heteroatoms. The van der Waals surface area contributed by atoms with Crippen molar-refractivity contribution in [3.63, 3.8) is 0 Å². The van der Waals surface area contributed by atoms with E-state index in [2.05, 4.69) is 16.8 Å². The first kappa shape index (κ1) is 14.7. The summed E-state index contributed by atoms with van der Waals surface area (Å²) in [5.41, 5.74) is 6.78. The molecule has 0 radical (unpaired) electrons. The highest BCUT2D eigenvalue weighted by atomic mass is 32.2. The lowest BCUT2D eigenvalue weighted by atomic mass is 10.3. The van der Waals surface area contributed by atoms with Gasteiger partial charge in [0.1, 0.15) is 0 Å². The van der Waals surface area contributed by atoms with Crippen LogP contribution >= 0.6 is 11.3 Å². The molecule has 0 bridgehead atoms. The zero-order valence-corrected chi connectivity index (χ0v) is 12.9. The van der Waals surface area contributed by atoms with Gasteiger partial charge in [0.2, 0.25) is 10.0 Å². The molecule has 1 fully saturated rings. The van der Waals surface area contributed by atoms with Gasteiger partial charge in [-0.3, -0.25) is 0 Å². The Hall–Kier alpha value is -0.700. The number of hydrogen-bond acceptors (Lipinski definition) is 6. The SMILES string of the molecule is CCc1nc(N2CCN(S(C)(=O)=O)CC2)sc1CN. The predicted octanol–water partition coefficient (Wildman–Crippen LogP) is 0.246. The zero-order valence-electron chi connectivity index (χ0n) is 11.3. The second-order valence-corrected chi connectivity index (χ2v) is 7.62. The standard InChI is InChI=1S/C11H20N4O2S2/c1-3-9-10(8-12)18-11(13-9)14-4-6-15(7-5-14)19(2,16)17/h3-8,12H2,1-2H3. The molecule has 1 aliphatic rings. The van der Waals surface area contributed by atoms with Crippen molar-refractivity contribution in [3.05, 3.63) is 10.6 Å². The van der Waals surface area contributed by atoms with E-state index in [1.807, 2.05) is 0 Å². The van der Waals surface area contributed by atoms with E-state index in [1.165, 1.54) is 10.6 Å². The van der Waals surface area contributed by atoms with Crippen LogP contribution in [0.25, 0.3) is 0 Å². The second kappa shape index (κ2) is 5.74. The number of nitrogens with two attached hydrogens (primary N) is 1. The van der Waals surface area contributed by atoms with E-state index in [0.29, 0.717) is 32.7 Å². The minimum Gasteiger partial charge on any atom is -0.345 e.